The van der Waals surface area contributed by atoms with Gasteiger partial charge in [-0.05, 0) is 38.0 Å². The van der Waals surface area contributed by atoms with E-state index in [0.717, 1.165) is 16.6 Å². The molecule has 0 spiro atoms. The van der Waals surface area contributed by atoms with E-state index in [1.807, 2.05) is 18.2 Å². The van der Waals surface area contributed by atoms with E-state index >= 15 is 0 Å². The second-order valence-electron chi connectivity index (χ2n) is 6.22. The Morgan fingerprint density at radius 3 is 2.65 bits per heavy atom. The number of rotatable bonds is 5. The minimum absolute atomic E-state index is 0.273. The Balaban J connectivity index is 2.08. The van der Waals surface area contributed by atoms with Crippen molar-refractivity contribution in [1.82, 2.24) is 4.98 Å². The van der Waals surface area contributed by atoms with E-state index in [0.29, 0.717) is 37.2 Å². The standard InChI is InChI=1S/C19H22N2O5/c1-3-26-19(24)15-11-20-16-5-4-13(25-2)10-14(16)17(15)21-8-6-12(7-9-21)18(22)23/h4-5,10-12H,3,6-9H2,1-2H3,(H,22,23). The number of benzene rings is 1. The van der Waals surface area contributed by atoms with Gasteiger partial charge in [-0.1, -0.05) is 0 Å². The minimum Gasteiger partial charge on any atom is -0.497 e. The molecule has 0 bridgehead atoms. The fraction of sp³-hybridized carbons (Fsp3) is 0.421. The average Bonchev–Trinajstić information content (AvgIpc) is 2.66. The Bertz CT molecular complexity index is 828. The summed E-state index contributed by atoms with van der Waals surface area (Å²) in [6, 6.07) is 5.51. The molecule has 1 saturated heterocycles. The number of hydrogen-bond donors (Lipinski definition) is 1. The molecule has 0 radical (unpaired) electrons. The molecule has 0 saturated carbocycles. The number of piperidine rings is 1. The van der Waals surface area contributed by atoms with Gasteiger partial charge in [0.15, 0.2) is 0 Å². The van der Waals surface area contributed by atoms with Crippen LogP contribution < -0.4 is 9.64 Å². The topological polar surface area (TPSA) is 89.0 Å². The van der Waals surface area contributed by atoms with Crippen LogP contribution in [-0.4, -0.2) is 48.8 Å². The fourth-order valence-electron chi connectivity index (χ4n) is 3.33. The SMILES string of the molecule is CCOC(=O)c1cnc2ccc(OC)cc2c1N1CCC(C(=O)O)CC1. The summed E-state index contributed by atoms with van der Waals surface area (Å²) in [5.41, 5.74) is 1.87. The summed E-state index contributed by atoms with van der Waals surface area (Å²) < 4.78 is 10.5. The van der Waals surface area contributed by atoms with Crippen LogP contribution in [0.3, 0.4) is 0 Å². The maximum atomic E-state index is 12.5. The van der Waals surface area contributed by atoms with E-state index in [9.17, 15) is 14.7 Å². The highest BCUT2D eigenvalue weighted by Gasteiger charge is 2.28. The van der Waals surface area contributed by atoms with Crippen LogP contribution in [0.1, 0.15) is 30.1 Å². The first-order valence-corrected chi connectivity index (χ1v) is 8.66. The van der Waals surface area contributed by atoms with Gasteiger partial charge in [0.2, 0.25) is 0 Å². The molecule has 2 aromatic rings. The van der Waals surface area contributed by atoms with E-state index in [4.69, 9.17) is 9.47 Å². The normalized spacial score (nSPS) is 15.1. The molecule has 0 amide bonds. The molecule has 138 valence electrons. The van der Waals surface area contributed by atoms with Crippen LogP contribution in [0.2, 0.25) is 0 Å². The van der Waals surface area contributed by atoms with Crippen molar-refractivity contribution in [2.45, 2.75) is 19.8 Å². The number of carboxylic acids is 1. The zero-order chi connectivity index (χ0) is 18.7. The molecule has 1 aliphatic heterocycles. The Hall–Kier alpha value is -2.83. The average molecular weight is 358 g/mol. The van der Waals surface area contributed by atoms with Gasteiger partial charge in [-0.15, -0.1) is 0 Å². The number of aliphatic carboxylic acids is 1. The summed E-state index contributed by atoms with van der Waals surface area (Å²) >= 11 is 0. The predicted molar refractivity (Wildman–Crippen MR) is 96.8 cm³/mol. The van der Waals surface area contributed by atoms with Crippen LogP contribution in [0.4, 0.5) is 5.69 Å². The summed E-state index contributed by atoms with van der Waals surface area (Å²) in [5, 5.41) is 10.0. The zero-order valence-electron chi connectivity index (χ0n) is 14.9. The first kappa shape index (κ1) is 18.0. The molecule has 26 heavy (non-hydrogen) atoms. The maximum Gasteiger partial charge on any atom is 0.341 e. The zero-order valence-corrected chi connectivity index (χ0v) is 14.9. The van der Waals surface area contributed by atoms with E-state index in [2.05, 4.69) is 9.88 Å². The lowest BCUT2D eigenvalue weighted by atomic mass is 9.95. The lowest BCUT2D eigenvalue weighted by Gasteiger charge is -2.33. The van der Waals surface area contributed by atoms with Gasteiger partial charge in [-0.3, -0.25) is 9.78 Å². The Morgan fingerprint density at radius 2 is 2.04 bits per heavy atom. The van der Waals surface area contributed by atoms with Gasteiger partial charge in [0.1, 0.15) is 11.3 Å². The van der Waals surface area contributed by atoms with Gasteiger partial charge < -0.3 is 19.5 Å². The molecule has 2 heterocycles. The fourth-order valence-corrected chi connectivity index (χ4v) is 3.33. The predicted octanol–water partition coefficient (Wildman–Crippen LogP) is 2.72. The van der Waals surface area contributed by atoms with Crippen molar-refractivity contribution in [3.63, 3.8) is 0 Å². The van der Waals surface area contributed by atoms with Crippen molar-refractivity contribution in [2.75, 3.05) is 31.7 Å². The largest absolute Gasteiger partial charge is 0.497 e. The van der Waals surface area contributed by atoms with Crippen LogP contribution in [0, 0.1) is 5.92 Å². The molecule has 3 rings (SSSR count). The molecule has 7 heteroatoms. The lowest BCUT2D eigenvalue weighted by molar-refractivity contribution is -0.142. The number of aromatic nitrogens is 1. The van der Waals surface area contributed by atoms with Gasteiger partial charge in [0.05, 0.1) is 30.8 Å². The molecular formula is C19H22N2O5. The van der Waals surface area contributed by atoms with Crippen molar-refractivity contribution in [2.24, 2.45) is 5.92 Å². The molecule has 0 aliphatic carbocycles. The van der Waals surface area contributed by atoms with Crippen LogP contribution in [0.15, 0.2) is 24.4 Å². The highest BCUT2D eigenvalue weighted by Crippen LogP contribution is 2.35. The maximum absolute atomic E-state index is 12.5. The van der Waals surface area contributed by atoms with Gasteiger partial charge in [-0.25, -0.2) is 4.79 Å². The van der Waals surface area contributed by atoms with Crippen LogP contribution in [-0.2, 0) is 9.53 Å². The summed E-state index contributed by atoms with van der Waals surface area (Å²) in [5.74, 6) is -0.876. The highest BCUT2D eigenvalue weighted by molar-refractivity contribution is 6.05. The van der Waals surface area contributed by atoms with Gasteiger partial charge in [0, 0.05) is 24.7 Å². The van der Waals surface area contributed by atoms with Gasteiger partial charge >= 0.3 is 11.9 Å². The third-order valence-corrected chi connectivity index (χ3v) is 4.70. The number of nitrogens with zero attached hydrogens (tertiary/aromatic N) is 2. The number of methoxy groups -OCH3 is 1. The number of carboxylic acid groups (broad SMARTS) is 1. The number of esters is 1. The molecule has 1 aromatic heterocycles. The number of carbonyl (C=O) groups excluding carboxylic acids is 1. The second kappa shape index (κ2) is 7.59. The molecule has 0 atom stereocenters. The molecule has 7 nitrogen and oxygen atoms in total. The lowest BCUT2D eigenvalue weighted by Crippen LogP contribution is -2.37. The second-order valence-corrected chi connectivity index (χ2v) is 6.22. The molecule has 1 fully saturated rings. The minimum atomic E-state index is -0.767. The van der Waals surface area contributed by atoms with Crippen LogP contribution >= 0.6 is 0 Å². The number of hydrogen-bond acceptors (Lipinski definition) is 6. The Labute approximate surface area is 151 Å². The Morgan fingerprint density at radius 1 is 1.31 bits per heavy atom. The number of pyridine rings is 1. The first-order valence-electron chi connectivity index (χ1n) is 8.66. The molecule has 1 aromatic carbocycles. The molecule has 1 N–H and O–H groups in total. The Kier molecular flexibility index (Phi) is 5.25. The van der Waals surface area contributed by atoms with E-state index in [1.165, 1.54) is 6.20 Å². The molecular weight excluding hydrogens is 336 g/mol. The monoisotopic (exact) mass is 358 g/mol. The van der Waals surface area contributed by atoms with Crippen LogP contribution in [0.5, 0.6) is 5.75 Å². The highest BCUT2D eigenvalue weighted by atomic mass is 16.5. The number of ether oxygens (including phenoxy) is 2. The van der Waals surface area contributed by atoms with Gasteiger partial charge in [-0.2, -0.15) is 0 Å². The number of carbonyl (C=O) groups is 2. The van der Waals surface area contributed by atoms with Crippen molar-refractivity contribution < 1.29 is 24.2 Å². The van der Waals surface area contributed by atoms with Crippen LogP contribution in [0.25, 0.3) is 10.9 Å². The summed E-state index contributed by atoms with van der Waals surface area (Å²) in [4.78, 5) is 30.1. The first-order chi connectivity index (χ1) is 12.5. The van der Waals surface area contributed by atoms with E-state index < -0.39 is 11.9 Å². The molecule has 0 unspecified atom stereocenters. The van der Waals surface area contributed by atoms with E-state index in [1.54, 1.807) is 14.0 Å². The third kappa shape index (κ3) is 3.42. The summed E-state index contributed by atoms with van der Waals surface area (Å²) in [6.07, 6.45) is 2.60. The smallest absolute Gasteiger partial charge is 0.341 e. The van der Waals surface area contributed by atoms with Crippen molar-refractivity contribution in [3.05, 3.63) is 30.0 Å². The van der Waals surface area contributed by atoms with Crippen molar-refractivity contribution in [1.29, 1.82) is 0 Å². The number of fused-ring (bicyclic) bond motifs is 1. The van der Waals surface area contributed by atoms with Gasteiger partial charge in [0.25, 0.3) is 0 Å². The summed E-state index contributed by atoms with van der Waals surface area (Å²) in [6.45, 7) is 3.14. The quantitative estimate of drug-likeness (QED) is 0.822. The third-order valence-electron chi connectivity index (χ3n) is 4.70. The summed E-state index contributed by atoms with van der Waals surface area (Å²) in [7, 11) is 1.59. The van der Waals surface area contributed by atoms with E-state index in [-0.39, 0.29) is 12.5 Å². The molecule has 1 aliphatic rings. The van der Waals surface area contributed by atoms with Crippen molar-refractivity contribution >= 4 is 28.5 Å². The van der Waals surface area contributed by atoms with Crippen molar-refractivity contribution in [3.8, 4) is 5.75 Å². The number of anilines is 1.